The van der Waals surface area contributed by atoms with Gasteiger partial charge in [-0.1, -0.05) is 24.3 Å². The maximum Gasteiger partial charge on any atom is 0.159 e. The lowest BCUT2D eigenvalue weighted by molar-refractivity contribution is 0.507. The van der Waals surface area contributed by atoms with E-state index in [-0.39, 0.29) is 0 Å². The van der Waals surface area contributed by atoms with E-state index in [4.69, 9.17) is 11.6 Å². The fraction of sp³-hybridized carbons (Fsp3) is 0.0625. The van der Waals surface area contributed by atoms with Crippen molar-refractivity contribution in [1.29, 1.82) is 0 Å². The largest absolute Gasteiger partial charge is 0.241 e. The van der Waals surface area contributed by atoms with Crippen LogP contribution in [0.1, 0.15) is 16.5 Å². The van der Waals surface area contributed by atoms with Gasteiger partial charge >= 0.3 is 0 Å². The van der Waals surface area contributed by atoms with Crippen LogP contribution in [0.15, 0.2) is 60.9 Å². The van der Waals surface area contributed by atoms with Crippen molar-refractivity contribution < 1.29 is 8.78 Å². The van der Waals surface area contributed by atoms with Crippen molar-refractivity contribution in [3.05, 3.63) is 83.7 Å². The summed E-state index contributed by atoms with van der Waals surface area (Å²) in [5.74, 6) is -1.80. The molecule has 0 N–H and O–H groups in total. The minimum atomic E-state index is -0.909. The lowest BCUT2D eigenvalue weighted by Crippen LogP contribution is -1.95. The number of aromatic nitrogens is 2. The molecular weight excluding hydrogens is 294 g/mol. The highest BCUT2D eigenvalue weighted by atomic mass is 35.5. The van der Waals surface area contributed by atoms with Gasteiger partial charge in [0.2, 0.25) is 0 Å². The zero-order valence-electron chi connectivity index (χ0n) is 10.9. The Labute approximate surface area is 125 Å². The van der Waals surface area contributed by atoms with Crippen LogP contribution in [0.4, 0.5) is 8.78 Å². The molecule has 0 saturated heterocycles. The number of hydrogen-bond donors (Lipinski definition) is 0. The van der Waals surface area contributed by atoms with Gasteiger partial charge in [0.05, 0.1) is 17.3 Å². The number of para-hydroxylation sites is 1. The van der Waals surface area contributed by atoms with Crippen molar-refractivity contribution in [1.82, 2.24) is 9.78 Å². The van der Waals surface area contributed by atoms with Gasteiger partial charge in [0, 0.05) is 11.8 Å². The lowest BCUT2D eigenvalue weighted by Gasteiger charge is -2.07. The van der Waals surface area contributed by atoms with Gasteiger partial charge in [-0.15, -0.1) is 11.6 Å². The zero-order valence-corrected chi connectivity index (χ0v) is 11.6. The van der Waals surface area contributed by atoms with E-state index in [1.165, 1.54) is 6.07 Å². The summed E-state index contributed by atoms with van der Waals surface area (Å²) in [5, 5.41) is 3.65. The van der Waals surface area contributed by atoms with Crippen molar-refractivity contribution in [2.24, 2.45) is 0 Å². The van der Waals surface area contributed by atoms with Gasteiger partial charge < -0.3 is 0 Å². The maximum absolute atomic E-state index is 13.3. The van der Waals surface area contributed by atoms with Crippen LogP contribution in [0.25, 0.3) is 5.69 Å². The fourth-order valence-corrected chi connectivity index (χ4v) is 2.30. The number of benzene rings is 2. The SMILES string of the molecule is Fc1ccc(C(Cl)c2cnn(-c3ccccc3)c2)cc1F. The normalized spacial score (nSPS) is 12.3. The molecule has 0 aliphatic rings. The Balaban J connectivity index is 1.90. The van der Waals surface area contributed by atoms with E-state index >= 15 is 0 Å². The fourth-order valence-electron chi connectivity index (χ4n) is 2.05. The second-order valence-electron chi connectivity index (χ2n) is 4.59. The molecule has 3 rings (SSSR count). The predicted octanol–water partition coefficient (Wildman–Crippen LogP) is 4.48. The molecule has 21 heavy (non-hydrogen) atoms. The zero-order chi connectivity index (χ0) is 14.8. The average Bonchev–Trinajstić information content (AvgIpc) is 3.00. The summed E-state index contributed by atoms with van der Waals surface area (Å²) in [5.41, 5.74) is 2.10. The Bertz CT molecular complexity index is 756. The third-order valence-corrected chi connectivity index (χ3v) is 3.66. The molecular formula is C16H11ClF2N2. The van der Waals surface area contributed by atoms with Crippen LogP contribution < -0.4 is 0 Å². The van der Waals surface area contributed by atoms with Crippen molar-refractivity contribution >= 4 is 11.6 Å². The predicted molar refractivity (Wildman–Crippen MR) is 77.6 cm³/mol. The van der Waals surface area contributed by atoms with Gasteiger partial charge in [0.1, 0.15) is 0 Å². The van der Waals surface area contributed by atoms with Gasteiger partial charge in [-0.05, 0) is 29.8 Å². The number of rotatable bonds is 3. The molecule has 0 fully saturated rings. The van der Waals surface area contributed by atoms with Crippen molar-refractivity contribution in [3.63, 3.8) is 0 Å². The van der Waals surface area contributed by atoms with E-state index in [0.29, 0.717) is 11.1 Å². The summed E-state index contributed by atoms with van der Waals surface area (Å²) in [7, 11) is 0. The third-order valence-electron chi connectivity index (χ3n) is 3.15. The second-order valence-corrected chi connectivity index (χ2v) is 5.03. The van der Waals surface area contributed by atoms with Crippen LogP contribution in [0.5, 0.6) is 0 Å². The first-order chi connectivity index (χ1) is 10.1. The Hall–Kier alpha value is -2.20. The van der Waals surface area contributed by atoms with Crippen LogP contribution in [-0.2, 0) is 0 Å². The quantitative estimate of drug-likeness (QED) is 0.652. The van der Waals surface area contributed by atoms with Gasteiger partial charge in [-0.25, -0.2) is 13.5 Å². The highest BCUT2D eigenvalue weighted by Gasteiger charge is 2.15. The van der Waals surface area contributed by atoms with Gasteiger partial charge in [-0.3, -0.25) is 0 Å². The van der Waals surface area contributed by atoms with E-state index in [2.05, 4.69) is 5.10 Å². The summed E-state index contributed by atoms with van der Waals surface area (Å²) in [6.45, 7) is 0. The molecule has 0 amide bonds. The lowest BCUT2D eigenvalue weighted by atomic mass is 10.1. The van der Waals surface area contributed by atoms with Gasteiger partial charge in [0.15, 0.2) is 11.6 Å². The summed E-state index contributed by atoms with van der Waals surface area (Å²) < 4.78 is 27.9. The first-order valence-electron chi connectivity index (χ1n) is 6.34. The summed E-state index contributed by atoms with van der Waals surface area (Å²) in [6.07, 6.45) is 3.39. The molecule has 0 saturated carbocycles. The van der Waals surface area contributed by atoms with Gasteiger partial charge in [0.25, 0.3) is 0 Å². The number of nitrogens with zero attached hydrogens (tertiary/aromatic N) is 2. The highest BCUT2D eigenvalue weighted by Crippen LogP contribution is 2.29. The molecule has 1 aromatic heterocycles. The Morgan fingerprint density at radius 1 is 0.952 bits per heavy atom. The first kappa shape index (κ1) is 13.8. The van der Waals surface area contributed by atoms with E-state index in [0.717, 1.165) is 17.8 Å². The van der Waals surface area contributed by atoms with Crippen LogP contribution in [0.2, 0.25) is 0 Å². The maximum atomic E-state index is 13.3. The topological polar surface area (TPSA) is 17.8 Å². The molecule has 3 aromatic rings. The smallest absolute Gasteiger partial charge is 0.159 e. The molecule has 0 spiro atoms. The Morgan fingerprint density at radius 2 is 1.71 bits per heavy atom. The first-order valence-corrected chi connectivity index (χ1v) is 6.78. The van der Waals surface area contributed by atoms with Crippen LogP contribution >= 0.6 is 11.6 Å². The molecule has 0 aliphatic carbocycles. The second kappa shape index (κ2) is 5.66. The number of halogens is 3. The van der Waals surface area contributed by atoms with Crippen LogP contribution in [0, 0.1) is 11.6 Å². The van der Waals surface area contributed by atoms with Crippen molar-refractivity contribution in [2.45, 2.75) is 5.38 Å². The summed E-state index contributed by atoms with van der Waals surface area (Å²) in [4.78, 5) is 0. The molecule has 106 valence electrons. The van der Waals surface area contributed by atoms with E-state index in [9.17, 15) is 8.78 Å². The summed E-state index contributed by atoms with van der Waals surface area (Å²) in [6, 6.07) is 13.2. The van der Waals surface area contributed by atoms with Crippen molar-refractivity contribution in [2.75, 3.05) is 0 Å². The van der Waals surface area contributed by atoms with Gasteiger partial charge in [-0.2, -0.15) is 5.10 Å². The van der Waals surface area contributed by atoms with E-state index < -0.39 is 17.0 Å². The third kappa shape index (κ3) is 2.81. The molecule has 0 aliphatic heterocycles. The number of alkyl halides is 1. The standard InChI is InChI=1S/C16H11ClF2N2/c17-16(11-6-7-14(18)15(19)8-11)12-9-20-21(10-12)13-4-2-1-3-5-13/h1-10,16H. The monoisotopic (exact) mass is 304 g/mol. The molecule has 0 bridgehead atoms. The Kier molecular flexibility index (Phi) is 3.71. The van der Waals surface area contributed by atoms with Crippen LogP contribution in [0.3, 0.4) is 0 Å². The minimum Gasteiger partial charge on any atom is -0.241 e. The average molecular weight is 305 g/mol. The Morgan fingerprint density at radius 3 is 2.43 bits per heavy atom. The molecule has 1 heterocycles. The molecule has 2 nitrogen and oxygen atoms in total. The molecule has 1 unspecified atom stereocenters. The summed E-state index contributed by atoms with van der Waals surface area (Å²) >= 11 is 6.31. The van der Waals surface area contributed by atoms with E-state index in [1.807, 2.05) is 30.3 Å². The molecule has 5 heteroatoms. The minimum absolute atomic E-state index is 0.489. The highest BCUT2D eigenvalue weighted by molar-refractivity contribution is 6.22. The molecule has 2 aromatic carbocycles. The van der Waals surface area contributed by atoms with Crippen molar-refractivity contribution in [3.8, 4) is 5.69 Å². The van der Waals surface area contributed by atoms with E-state index in [1.54, 1.807) is 17.1 Å². The molecule has 1 atom stereocenters. The molecule has 0 radical (unpaired) electrons. The van der Waals surface area contributed by atoms with Crippen LogP contribution in [-0.4, -0.2) is 9.78 Å². The number of hydrogen-bond acceptors (Lipinski definition) is 1.